The van der Waals surface area contributed by atoms with Crippen LogP contribution in [0.1, 0.15) is 17.4 Å². The highest BCUT2D eigenvalue weighted by Gasteiger charge is 2.19. The van der Waals surface area contributed by atoms with Crippen LogP contribution in [0.3, 0.4) is 0 Å². The Morgan fingerprint density at radius 3 is 2.95 bits per heavy atom. The number of hydrogen-bond acceptors (Lipinski definition) is 6. The third-order valence-electron chi connectivity index (χ3n) is 2.87. The zero-order valence-electron chi connectivity index (χ0n) is 11.2. The van der Waals surface area contributed by atoms with Crippen LogP contribution in [0, 0.1) is 0 Å². The van der Waals surface area contributed by atoms with E-state index in [2.05, 4.69) is 20.4 Å². The van der Waals surface area contributed by atoms with Crippen molar-refractivity contribution in [2.24, 2.45) is 0 Å². The summed E-state index contributed by atoms with van der Waals surface area (Å²) in [7, 11) is 0. The summed E-state index contributed by atoms with van der Waals surface area (Å²) in [6.07, 6.45) is 2.98. The van der Waals surface area contributed by atoms with E-state index in [0.29, 0.717) is 11.5 Å². The van der Waals surface area contributed by atoms with Gasteiger partial charge in [-0.05, 0) is 13.0 Å². The highest BCUT2D eigenvalue weighted by Crippen LogP contribution is 2.26. The number of ether oxygens (including phenoxy) is 1. The molecule has 106 valence electrons. The van der Waals surface area contributed by atoms with Crippen LogP contribution >= 0.6 is 0 Å². The molecule has 0 unspecified atom stereocenters. The summed E-state index contributed by atoms with van der Waals surface area (Å²) in [6.45, 7) is 2.02. The first-order valence-electron chi connectivity index (χ1n) is 6.36. The third-order valence-corrected chi connectivity index (χ3v) is 2.87. The normalized spacial score (nSPS) is 10.5. The Labute approximate surface area is 120 Å². The van der Waals surface area contributed by atoms with Gasteiger partial charge in [-0.15, -0.1) is 5.10 Å². The lowest BCUT2D eigenvalue weighted by Gasteiger charge is -2.03. The number of aromatic nitrogens is 4. The average molecular weight is 284 g/mol. The van der Waals surface area contributed by atoms with Crippen molar-refractivity contribution < 1.29 is 13.9 Å². The molecule has 0 saturated carbocycles. The minimum atomic E-state index is -0.508. The van der Waals surface area contributed by atoms with E-state index in [1.807, 2.05) is 24.3 Å². The second kappa shape index (κ2) is 5.58. The molecule has 0 amide bonds. The van der Waals surface area contributed by atoms with Gasteiger partial charge in [-0.25, -0.2) is 9.78 Å². The van der Waals surface area contributed by atoms with E-state index >= 15 is 0 Å². The number of oxazole rings is 1. The van der Waals surface area contributed by atoms with Gasteiger partial charge in [-0.1, -0.05) is 18.2 Å². The van der Waals surface area contributed by atoms with Crippen molar-refractivity contribution in [3.63, 3.8) is 0 Å². The number of esters is 1. The Morgan fingerprint density at radius 2 is 2.19 bits per heavy atom. The summed E-state index contributed by atoms with van der Waals surface area (Å²) in [5.41, 5.74) is 2.17. The number of carbonyl (C=O) groups excluding carboxylic acids is 1. The molecular weight excluding hydrogens is 272 g/mol. The second-order valence-corrected chi connectivity index (χ2v) is 4.19. The van der Waals surface area contributed by atoms with Crippen LogP contribution in [-0.2, 0) is 4.74 Å². The molecule has 21 heavy (non-hydrogen) atoms. The predicted octanol–water partition coefficient (Wildman–Crippen LogP) is 2.30. The van der Waals surface area contributed by atoms with Crippen LogP contribution in [0.5, 0.6) is 0 Å². The van der Waals surface area contributed by atoms with Crippen LogP contribution in [0.4, 0.5) is 0 Å². The number of carbonyl (C=O) groups is 1. The fraction of sp³-hybridized carbons (Fsp3) is 0.143. The van der Waals surface area contributed by atoms with Crippen LogP contribution in [-0.4, -0.2) is 33.0 Å². The Morgan fingerprint density at radius 1 is 1.33 bits per heavy atom. The maximum Gasteiger partial charge on any atom is 0.361 e. The fourth-order valence-electron chi connectivity index (χ4n) is 1.95. The van der Waals surface area contributed by atoms with Crippen molar-refractivity contribution in [2.45, 2.75) is 6.92 Å². The molecule has 0 saturated heterocycles. The van der Waals surface area contributed by atoms with Crippen molar-refractivity contribution in [2.75, 3.05) is 6.61 Å². The van der Waals surface area contributed by atoms with Crippen molar-refractivity contribution in [1.29, 1.82) is 0 Å². The van der Waals surface area contributed by atoms with Crippen LogP contribution in [0.2, 0.25) is 0 Å². The number of H-pyrrole nitrogens is 1. The van der Waals surface area contributed by atoms with Gasteiger partial charge in [0, 0.05) is 11.1 Å². The van der Waals surface area contributed by atoms with E-state index in [1.54, 1.807) is 13.1 Å². The smallest absolute Gasteiger partial charge is 0.361 e. The first kappa shape index (κ1) is 13.0. The van der Waals surface area contributed by atoms with E-state index in [4.69, 9.17) is 9.15 Å². The highest BCUT2D eigenvalue weighted by molar-refractivity contribution is 5.94. The lowest BCUT2D eigenvalue weighted by atomic mass is 10.1. The molecule has 7 heteroatoms. The molecule has 1 N–H and O–H groups in total. The van der Waals surface area contributed by atoms with Gasteiger partial charge in [0.05, 0.1) is 12.8 Å². The Kier molecular flexibility index (Phi) is 3.46. The lowest BCUT2D eigenvalue weighted by Crippen LogP contribution is -2.06. The molecule has 0 atom stereocenters. The molecule has 3 rings (SSSR count). The minimum absolute atomic E-state index is 0.159. The molecule has 0 spiro atoms. The largest absolute Gasteiger partial charge is 0.461 e. The summed E-state index contributed by atoms with van der Waals surface area (Å²) in [5.74, 6) is 0.129. The molecule has 7 nitrogen and oxygen atoms in total. The van der Waals surface area contributed by atoms with E-state index in [9.17, 15) is 4.79 Å². The monoisotopic (exact) mass is 284 g/mol. The van der Waals surface area contributed by atoms with E-state index in [0.717, 1.165) is 11.1 Å². The van der Waals surface area contributed by atoms with Gasteiger partial charge >= 0.3 is 5.97 Å². The maximum atomic E-state index is 11.8. The standard InChI is InChI=1S/C14H12N4O3/c1-2-20-14(19)13-12(16-18-17-13)10-5-3-4-9(6-10)11-7-15-8-21-11/h3-8H,2H2,1H3,(H,16,17,18). The van der Waals surface area contributed by atoms with Crippen LogP contribution in [0.15, 0.2) is 41.3 Å². The Bertz CT molecular complexity index is 749. The number of nitrogens with one attached hydrogen (secondary N) is 1. The summed E-state index contributed by atoms with van der Waals surface area (Å²) in [6, 6.07) is 7.41. The van der Waals surface area contributed by atoms with E-state index < -0.39 is 5.97 Å². The van der Waals surface area contributed by atoms with Gasteiger partial charge in [0.1, 0.15) is 5.69 Å². The lowest BCUT2D eigenvalue weighted by molar-refractivity contribution is 0.0520. The summed E-state index contributed by atoms with van der Waals surface area (Å²) >= 11 is 0. The van der Waals surface area contributed by atoms with Crippen molar-refractivity contribution >= 4 is 5.97 Å². The molecule has 0 radical (unpaired) electrons. The Balaban J connectivity index is 2.00. The minimum Gasteiger partial charge on any atom is -0.461 e. The number of nitrogens with zero attached hydrogens (tertiary/aromatic N) is 3. The molecule has 0 aliphatic rings. The van der Waals surface area contributed by atoms with E-state index in [1.165, 1.54) is 6.39 Å². The van der Waals surface area contributed by atoms with E-state index in [-0.39, 0.29) is 12.3 Å². The zero-order chi connectivity index (χ0) is 14.7. The quantitative estimate of drug-likeness (QED) is 0.739. The number of rotatable bonds is 4. The highest BCUT2D eigenvalue weighted by atomic mass is 16.5. The topological polar surface area (TPSA) is 93.9 Å². The van der Waals surface area contributed by atoms with Gasteiger partial charge < -0.3 is 9.15 Å². The van der Waals surface area contributed by atoms with Gasteiger partial charge in [0.2, 0.25) is 0 Å². The Hall–Kier alpha value is -2.96. The molecule has 0 fully saturated rings. The molecule has 0 bridgehead atoms. The number of benzene rings is 1. The summed E-state index contributed by atoms with van der Waals surface area (Å²) in [5, 5.41) is 10.3. The average Bonchev–Trinajstić information content (AvgIpc) is 3.19. The van der Waals surface area contributed by atoms with Gasteiger partial charge in [0.15, 0.2) is 17.8 Å². The molecule has 1 aromatic carbocycles. The third kappa shape index (κ3) is 2.53. The van der Waals surface area contributed by atoms with Crippen LogP contribution in [0.25, 0.3) is 22.6 Å². The molecule has 3 aromatic rings. The van der Waals surface area contributed by atoms with Crippen molar-refractivity contribution in [1.82, 2.24) is 20.4 Å². The predicted molar refractivity (Wildman–Crippen MR) is 73.3 cm³/mol. The van der Waals surface area contributed by atoms with Gasteiger partial charge in [-0.2, -0.15) is 10.3 Å². The second-order valence-electron chi connectivity index (χ2n) is 4.19. The summed E-state index contributed by atoms with van der Waals surface area (Å²) in [4.78, 5) is 15.7. The molecule has 2 aromatic heterocycles. The molecule has 2 heterocycles. The zero-order valence-corrected chi connectivity index (χ0v) is 11.2. The van der Waals surface area contributed by atoms with Crippen LogP contribution < -0.4 is 0 Å². The molecule has 0 aliphatic carbocycles. The first-order valence-corrected chi connectivity index (χ1v) is 6.36. The number of aromatic amines is 1. The maximum absolute atomic E-state index is 11.8. The number of hydrogen-bond donors (Lipinski definition) is 1. The van der Waals surface area contributed by atoms with Crippen molar-refractivity contribution in [3.8, 4) is 22.6 Å². The first-order chi connectivity index (χ1) is 10.3. The molecular formula is C14H12N4O3. The molecule has 0 aliphatic heterocycles. The fourth-order valence-corrected chi connectivity index (χ4v) is 1.95. The van der Waals surface area contributed by atoms with Gasteiger partial charge in [0.25, 0.3) is 0 Å². The van der Waals surface area contributed by atoms with Crippen molar-refractivity contribution in [3.05, 3.63) is 42.5 Å². The summed E-state index contributed by atoms with van der Waals surface area (Å²) < 4.78 is 10.2. The van der Waals surface area contributed by atoms with Gasteiger partial charge in [-0.3, -0.25) is 0 Å². The SMILES string of the molecule is CCOC(=O)c1n[nH]nc1-c1cccc(-c2cnco2)c1.